The van der Waals surface area contributed by atoms with Crippen molar-refractivity contribution in [3.8, 4) is 0 Å². The molecule has 0 aliphatic rings. The van der Waals surface area contributed by atoms with Crippen molar-refractivity contribution < 1.29 is 4.42 Å². The van der Waals surface area contributed by atoms with E-state index in [0.29, 0.717) is 5.02 Å². The summed E-state index contributed by atoms with van der Waals surface area (Å²) in [6.45, 7) is 6.19. The molecule has 0 fully saturated rings. The highest BCUT2D eigenvalue weighted by Gasteiger charge is 2.24. The Kier molecular flexibility index (Phi) is 2.49. The van der Waals surface area contributed by atoms with Crippen LogP contribution < -0.4 is 5.73 Å². The molecule has 2 N–H and O–H groups in total. The van der Waals surface area contributed by atoms with Crippen molar-refractivity contribution >= 4 is 11.6 Å². The van der Waals surface area contributed by atoms with Crippen LogP contribution in [0.4, 0.5) is 0 Å². The lowest BCUT2D eigenvalue weighted by Crippen LogP contribution is -2.25. The lowest BCUT2D eigenvalue weighted by molar-refractivity contribution is 0.285. The number of furan rings is 1. The largest absolute Gasteiger partial charge is 0.466 e. The quantitative estimate of drug-likeness (QED) is 0.734. The summed E-state index contributed by atoms with van der Waals surface area (Å²) in [5, 5.41) is 0.602. The Hall–Kier alpha value is -0.470. The van der Waals surface area contributed by atoms with Crippen molar-refractivity contribution in [2.24, 2.45) is 11.1 Å². The van der Waals surface area contributed by atoms with Gasteiger partial charge in [-0.2, -0.15) is 0 Å². The lowest BCUT2D eigenvalue weighted by Gasteiger charge is -2.24. The summed E-state index contributed by atoms with van der Waals surface area (Å²) in [5.41, 5.74) is 5.93. The maximum absolute atomic E-state index is 5.93. The lowest BCUT2D eigenvalue weighted by atomic mass is 9.86. The summed E-state index contributed by atoms with van der Waals surface area (Å²) >= 11 is 5.71. The van der Waals surface area contributed by atoms with Gasteiger partial charge in [0.15, 0.2) is 0 Å². The van der Waals surface area contributed by atoms with Gasteiger partial charge in [-0.05, 0) is 11.5 Å². The third kappa shape index (κ3) is 2.02. The molecule has 1 aromatic heterocycles. The van der Waals surface area contributed by atoms with Crippen LogP contribution in [0.5, 0.6) is 0 Å². The molecule has 0 aliphatic heterocycles. The molecule has 68 valence electrons. The number of hydrogen-bond acceptors (Lipinski definition) is 2. The van der Waals surface area contributed by atoms with Crippen LogP contribution in [0, 0.1) is 5.41 Å². The number of halogens is 1. The van der Waals surface area contributed by atoms with E-state index in [2.05, 4.69) is 20.8 Å². The zero-order valence-electron chi connectivity index (χ0n) is 7.60. The molecule has 2 nitrogen and oxygen atoms in total. The van der Waals surface area contributed by atoms with Crippen molar-refractivity contribution in [2.75, 3.05) is 0 Å². The van der Waals surface area contributed by atoms with E-state index in [9.17, 15) is 0 Å². The summed E-state index contributed by atoms with van der Waals surface area (Å²) in [5.74, 6) is 0.743. The number of hydrogen-bond donors (Lipinski definition) is 1. The molecule has 1 atom stereocenters. The molecule has 0 saturated carbocycles. The molecule has 12 heavy (non-hydrogen) atoms. The monoisotopic (exact) mass is 187 g/mol. The smallest absolute Gasteiger partial charge is 0.122 e. The van der Waals surface area contributed by atoms with Crippen LogP contribution in [0.1, 0.15) is 32.6 Å². The van der Waals surface area contributed by atoms with Crippen molar-refractivity contribution in [3.05, 3.63) is 23.1 Å². The van der Waals surface area contributed by atoms with E-state index in [4.69, 9.17) is 21.8 Å². The highest BCUT2D eigenvalue weighted by Crippen LogP contribution is 2.32. The van der Waals surface area contributed by atoms with Crippen molar-refractivity contribution in [2.45, 2.75) is 26.8 Å². The molecule has 1 heterocycles. The SMILES string of the molecule is CC(C)(C)[C@@H](N)c1cc(Cl)co1. The van der Waals surface area contributed by atoms with Gasteiger partial charge >= 0.3 is 0 Å². The Balaban J connectivity index is 2.85. The van der Waals surface area contributed by atoms with Gasteiger partial charge in [0.05, 0.1) is 11.1 Å². The second-order valence-corrected chi connectivity index (χ2v) is 4.45. The highest BCUT2D eigenvalue weighted by atomic mass is 35.5. The second-order valence-electron chi connectivity index (χ2n) is 4.01. The molecule has 0 aliphatic carbocycles. The first-order chi connectivity index (χ1) is 5.41. The minimum absolute atomic E-state index is 0.00117. The molecule has 0 unspecified atom stereocenters. The first-order valence-corrected chi connectivity index (χ1v) is 4.28. The van der Waals surface area contributed by atoms with E-state index in [1.165, 1.54) is 6.26 Å². The fourth-order valence-electron chi connectivity index (χ4n) is 0.918. The van der Waals surface area contributed by atoms with Crippen molar-refractivity contribution in [1.82, 2.24) is 0 Å². The topological polar surface area (TPSA) is 39.2 Å². The Labute approximate surface area is 77.7 Å². The molecule has 0 aromatic carbocycles. The zero-order chi connectivity index (χ0) is 9.35. The maximum atomic E-state index is 5.93. The molecule has 0 bridgehead atoms. The van der Waals surface area contributed by atoms with Crippen molar-refractivity contribution in [1.29, 1.82) is 0 Å². The molecule has 0 radical (unpaired) electrons. The van der Waals surface area contributed by atoms with Gasteiger partial charge in [-0.15, -0.1) is 0 Å². The predicted octanol–water partition coefficient (Wildman–Crippen LogP) is 2.98. The average Bonchev–Trinajstić information content (AvgIpc) is 2.32. The Morgan fingerprint density at radius 3 is 2.42 bits per heavy atom. The zero-order valence-corrected chi connectivity index (χ0v) is 8.35. The van der Waals surface area contributed by atoms with Crippen LogP contribution in [0.15, 0.2) is 16.7 Å². The van der Waals surface area contributed by atoms with Gasteiger partial charge in [0.1, 0.15) is 12.0 Å². The second kappa shape index (κ2) is 3.11. The molecule has 1 aromatic rings. The van der Waals surface area contributed by atoms with Crippen molar-refractivity contribution in [3.63, 3.8) is 0 Å². The third-order valence-electron chi connectivity index (χ3n) is 1.83. The molecule has 3 heteroatoms. The summed E-state index contributed by atoms with van der Waals surface area (Å²) in [7, 11) is 0. The van der Waals surface area contributed by atoms with Gasteiger partial charge in [-0.25, -0.2) is 0 Å². The molecule has 0 amide bonds. The number of rotatable bonds is 1. The molecular formula is C9H14ClNO. The van der Waals surface area contributed by atoms with Gasteiger partial charge < -0.3 is 10.2 Å². The van der Waals surface area contributed by atoms with Gasteiger partial charge in [0, 0.05) is 0 Å². The predicted molar refractivity (Wildman–Crippen MR) is 50.1 cm³/mol. The van der Waals surface area contributed by atoms with E-state index < -0.39 is 0 Å². The summed E-state index contributed by atoms with van der Waals surface area (Å²) in [6.07, 6.45) is 1.50. The Morgan fingerprint density at radius 1 is 1.50 bits per heavy atom. The van der Waals surface area contributed by atoms with E-state index >= 15 is 0 Å². The fourth-order valence-corrected chi connectivity index (χ4v) is 1.07. The third-order valence-corrected chi connectivity index (χ3v) is 2.03. The van der Waals surface area contributed by atoms with E-state index in [1.807, 2.05) is 0 Å². The van der Waals surface area contributed by atoms with E-state index in [0.717, 1.165) is 5.76 Å². The van der Waals surface area contributed by atoms with Crippen LogP contribution in [-0.4, -0.2) is 0 Å². The normalized spacial score (nSPS) is 14.8. The summed E-state index contributed by atoms with van der Waals surface area (Å²) < 4.78 is 5.20. The molecular weight excluding hydrogens is 174 g/mol. The van der Waals surface area contributed by atoms with Crippen LogP contribution in [0.3, 0.4) is 0 Å². The minimum Gasteiger partial charge on any atom is -0.466 e. The minimum atomic E-state index is -0.106. The molecule has 0 spiro atoms. The standard InChI is InChI=1S/C9H14ClNO/c1-9(2,3)8(11)7-4-6(10)5-12-7/h4-5,8H,11H2,1-3H3/t8-/m0/s1. The number of nitrogens with two attached hydrogens (primary N) is 1. The maximum Gasteiger partial charge on any atom is 0.122 e. The van der Waals surface area contributed by atoms with Gasteiger partial charge in [0.25, 0.3) is 0 Å². The Bertz CT molecular complexity index is 262. The molecule has 1 rings (SSSR count). The highest BCUT2D eigenvalue weighted by molar-refractivity contribution is 6.30. The molecule has 0 saturated heterocycles. The van der Waals surface area contributed by atoms with E-state index in [1.54, 1.807) is 6.07 Å². The average molecular weight is 188 g/mol. The summed E-state index contributed by atoms with van der Waals surface area (Å²) in [4.78, 5) is 0. The van der Waals surface area contributed by atoms with Gasteiger partial charge in [-0.3, -0.25) is 0 Å². The van der Waals surface area contributed by atoms with Crippen LogP contribution in [0.25, 0.3) is 0 Å². The first-order valence-electron chi connectivity index (χ1n) is 3.91. The van der Waals surface area contributed by atoms with Gasteiger partial charge in [0.2, 0.25) is 0 Å². The van der Waals surface area contributed by atoms with Crippen LogP contribution in [-0.2, 0) is 0 Å². The summed E-state index contributed by atoms with van der Waals surface area (Å²) in [6, 6.07) is 1.65. The van der Waals surface area contributed by atoms with E-state index in [-0.39, 0.29) is 11.5 Å². The van der Waals surface area contributed by atoms with Crippen LogP contribution >= 0.6 is 11.6 Å². The Morgan fingerprint density at radius 2 is 2.08 bits per heavy atom. The fraction of sp³-hybridized carbons (Fsp3) is 0.556. The first kappa shape index (κ1) is 9.62. The van der Waals surface area contributed by atoms with Gasteiger partial charge in [-0.1, -0.05) is 32.4 Å². The van der Waals surface area contributed by atoms with Crippen LogP contribution in [0.2, 0.25) is 5.02 Å².